The molecule has 1 N–H and O–H groups in total. The number of hydrogen-bond donors (Lipinski definition) is 1. The minimum absolute atomic E-state index is 0.125. The summed E-state index contributed by atoms with van der Waals surface area (Å²) in [4.78, 5) is 22.1. The van der Waals surface area contributed by atoms with E-state index in [1.807, 2.05) is 12.1 Å². The van der Waals surface area contributed by atoms with Gasteiger partial charge in [-0.05, 0) is 46.9 Å². The molecule has 1 rings (SSSR count). The maximum Gasteiger partial charge on any atom is 0.231 e. The fourth-order valence-corrected chi connectivity index (χ4v) is 1.42. The Morgan fingerprint density at radius 1 is 1.27 bits per heavy atom. The van der Waals surface area contributed by atoms with Crippen molar-refractivity contribution in [2.45, 2.75) is 6.42 Å². The highest BCUT2D eigenvalue weighted by atomic mass is 127. The number of halogens is 2. The first kappa shape index (κ1) is 12.4. The molecule has 0 fully saturated rings. The number of carbonyl (C=O) groups is 2. The molecule has 0 aliphatic heterocycles. The number of carbonyl (C=O) groups excluding carboxylic acids is 2. The van der Waals surface area contributed by atoms with Crippen molar-refractivity contribution < 1.29 is 9.59 Å². The molecule has 15 heavy (non-hydrogen) atoms. The number of anilines is 1. The van der Waals surface area contributed by atoms with Gasteiger partial charge in [-0.2, -0.15) is 0 Å². The predicted octanol–water partition coefficient (Wildman–Crippen LogP) is 2.43. The summed E-state index contributed by atoms with van der Waals surface area (Å²) < 4.78 is 1.09. The zero-order valence-electron chi connectivity index (χ0n) is 7.80. The van der Waals surface area contributed by atoms with Crippen LogP contribution in [0.15, 0.2) is 24.3 Å². The molecular formula is C10H9ClINO2. The second kappa shape index (κ2) is 6.07. The molecule has 0 radical (unpaired) electrons. The first-order valence-corrected chi connectivity index (χ1v) is 5.86. The van der Waals surface area contributed by atoms with E-state index in [0.29, 0.717) is 5.69 Å². The van der Waals surface area contributed by atoms with Crippen LogP contribution in [-0.4, -0.2) is 17.6 Å². The zero-order chi connectivity index (χ0) is 11.3. The van der Waals surface area contributed by atoms with Gasteiger partial charge in [-0.3, -0.25) is 9.59 Å². The molecular weight excluding hydrogens is 328 g/mol. The summed E-state index contributed by atoms with van der Waals surface area (Å²) in [6.07, 6.45) is -0.171. The molecule has 0 atom stereocenters. The second-order valence-electron chi connectivity index (χ2n) is 2.90. The van der Waals surface area contributed by atoms with Gasteiger partial charge >= 0.3 is 0 Å². The monoisotopic (exact) mass is 337 g/mol. The van der Waals surface area contributed by atoms with Crippen molar-refractivity contribution in [2.24, 2.45) is 0 Å². The van der Waals surface area contributed by atoms with Crippen LogP contribution < -0.4 is 5.32 Å². The van der Waals surface area contributed by atoms with Gasteiger partial charge in [0.25, 0.3) is 0 Å². The number of rotatable bonds is 4. The number of amides is 1. The van der Waals surface area contributed by atoms with Crippen LogP contribution in [0.5, 0.6) is 0 Å². The van der Waals surface area contributed by atoms with Crippen molar-refractivity contribution in [1.82, 2.24) is 0 Å². The normalized spacial score (nSPS) is 9.73. The Balaban J connectivity index is 2.51. The average Bonchev–Trinajstić information content (AvgIpc) is 2.21. The third-order valence-electron chi connectivity index (χ3n) is 1.63. The van der Waals surface area contributed by atoms with Gasteiger partial charge in [-0.1, -0.05) is 0 Å². The summed E-state index contributed by atoms with van der Waals surface area (Å²) in [7, 11) is 0. The van der Waals surface area contributed by atoms with Crippen LogP contribution in [0.3, 0.4) is 0 Å². The van der Waals surface area contributed by atoms with Crippen molar-refractivity contribution >= 4 is 51.6 Å². The molecule has 0 unspecified atom stereocenters. The fourth-order valence-electron chi connectivity index (χ4n) is 0.965. The Morgan fingerprint density at radius 2 is 1.87 bits per heavy atom. The topological polar surface area (TPSA) is 46.2 Å². The fraction of sp³-hybridized carbons (Fsp3) is 0.200. The molecule has 0 saturated heterocycles. The summed E-state index contributed by atoms with van der Waals surface area (Å²) in [5.41, 5.74) is 0.683. The molecule has 0 saturated carbocycles. The smallest absolute Gasteiger partial charge is 0.231 e. The number of ketones is 1. The van der Waals surface area contributed by atoms with Crippen molar-refractivity contribution in [3.8, 4) is 0 Å². The highest BCUT2D eigenvalue weighted by Gasteiger charge is 2.07. The van der Waals surface area contributed by atoms with E-state index >= 15 is 0 Å². The summed E-state index contributed by atoms with van der Waals surface area (Å²) in [6.45, 7) is 0. The number of alkyl halides is 1. The van der Waals surface area contributed by atoms with Gasteiger partial charge in [0.2, 0.25) is 5.91 Å². The van der Waals surface area contributed by atoms with Crippen LogP contribution in [0, 0.1) is 3.57 Å². The summed E-state index contributed by atoms with van der Waals surface area (Å²) >= 11 is 7.46. The van der Waals surface area contributed by atoms with E-state index in [4.69, 9.17) is 11.6 Å². The Bertz CT molecular complexity index is 364. The zero-order valence-corrected chi connectivity index (χ0v) is 10.7. The largest absolute Gasteiger partial charge is 0.326 e. The van der Waals surface area contributed by atoms with Gasteiger partial charge in [0.15, 0.2) is 5.78 Å². The lowest BCUT2D eigenvalue weighted by Gasteiger charge is -2.03. The van der Waals surface area contributed by atoms with Crippen LogP contribution in [0.2, 0.25) is 0 Å². The quantitative estimate of drug-likeness (QED) is 0.521. The molecule has 0 aliphatic carbocycles. The van der Waals surface area contributed by atoms with Gasteiger partial charge in [0.05, 0.1) is 12.3 Å². The van der Waals surface area contributed by atoms with Gasteiger partial charge < -0.3 is 5.32 Å². The Hall–Kier alpha value is -0.620. The minimum Gasteiger partial charge on any atom is -0.326 e. The van der Waals surface area contributed by atoms with E-state index in [2.05, 4.69) is 27.9 Å². The van der Waals surface area contributed by atoms with E-state index < -0.39 is 0 Å². The van der Waals surface area contributed by atoms with Crippen molar-refractivity contribution in [2.75, 3.05) is 11.2 Å². The van der Waals surface area contributed by atoms with E-state index in [-0.39, 0.29) is 24.0 Å². The standard InChI is InChI=1S/C10H9ClINO2/c11-6-9(14)5-10(15)13-8-3-1-7(12)2-4-8/h1-4H,5-6H2,(H,13,15). The van der Waals surface area contributed by atoms with E-state index in [1.165, 1.54) is 0 Å². The first-order chi connectivity index (χ1) is 7.11. The van der Waals surface area contributed by atoms with Crippen molar-refractivity contribution in [3.05, 3.63) is 27.8 Å². The first-order valence-electron chi connectivity index (χ1n) is 4.25. The molecule has 80 valence electrons. The molecule has 1 aromatic carbocycles. The van der Waals surface area contributed by atoms with Crippen LogP contribution in [0.4, 0.5) is 5.69 Å². The number of nitrogens with one attached hydrogen (secondary N) is 1. The summed E-state index contributed by atoms with van der Waals surface area (Å²) in [5.74, 6) is -0.735. The number of hydrogen-bond acceptors (Lipinski definition) is 2. The maximum atomic E-state index is 11.3. The van der Waals surface area contributed by atoms with Crippen LogP contribution in [0.1, 0.15) is 6.42 Å². The highest BCUT2D eigenvalue weighted by Crippen LogP contribution is 2.11. The molecule has 1 amide bonds. The summed E-state index contributed by atoms with van der Waals surface area (Å²) in [5, 5.41) is 2.61. The lowest BCUT2D eigenvalue weighted by atomic mass is 10.2. The highest BCUT2D eigenvalue weighted by molar-refractivity contribution is 14.1. The van der Waals surface area contributed by atoms with Gasteiger partial charge in [0, 0.05) is 9.26 Å². The Morgan fingerprint density at radius 3 is 2.40 bits per heavy atom. The van der Waals surface area contributed by atoms with E-state index in [1.54, 1.807) is 12.1 Å². The Labute approximate surface area is 106 Å². The third kappa shape index (κ3) is 4.61. The SMILES string of the molecule is O=C(CCl)CC(=O)Nc1ccc(I)cc1. The maximum absolute atomic E-state index is 11.3. The van der Waals surface area contributed by atoms with Crippen molar-refractivity contribution in [3.63, 3.8) is 0 Å². The van der Waals surface area contributed by atoms with Gasteiger partial charge in [0.1, 0.15) is 0 Å². The van der Waals surface area contributed by atoms with Crippen LogP contribution in [-0.2, 0) is 9.59 Å². The third-order valence-corrected chi connectivity index (χ3v) is 2.65. The molecule has 5 heteroatoms. The van der Waals surface area contributed by atoms with E-state index in [0.717, 1.165) is 3.57 Å². The Kier molecular flexibility index (Phi) is 5.04. The van der Waals surface area contributed by atoms with Crippen LogP contribution >= 0.6 is 34.2 Å². The molecule has 0 aromatic heterocycles. The molecule has 3 nitrogen and oxygen atoms in total. The number of Topliss-reactive ketones (excluding diaryl/α,β-unsaturated/α-hetero) is 1. The van der Waals surface area contributed by atoms with Crippen LogP contribution in [0.25, 0.3) is 0 Å². The molecule has 0 heterocycles. The van der Waals surface area contributed by atoms with Gasteiger partial charge in [-0.25, -0.2) is 0 Å². The minimum atomic E-state index is -0.332. The molecule has 0 aliphatic rings. The average molecular weight is 338 g/mol. The number of benzene rings is 1. The van der Waals surface area contributed by atoms with Gasteiger partial charge in [-0.15, -0.1) is 11.6 Å². The molecule has 1 aromatic rings. The molecule has 0 bridgehead atoms. The summed E-state index contributed by atoms with van der Waals surface area (Å²) in [6, 6.07) is 7.31. The lowest BCUT2D eigenvalue weighted by molar-refractivity contribution is -0.124. The van der Waals surface area contributed by atoms with E-state index in [9.17, 15) is 9.59 Å². The van der Waals surface area contributed by atoms with Crippen molar-refractivity contribution in [1.29, 1.82) is 0 Å². The predicted molar refractivity (Wildman–Crippen MR) is 68.1 cm³/mol. The second-order valence-corrected chi connectivity index (χ2v) is 4.42. The molecule has 0 spiro atoms. The lowest BCUT2D eigenvalue weighted by Crippen LogP contribution is -2.16.